The third-order valence-electron chi connectivity index (χ3n) is 6.18. The van der Waals surface area contributed by atoms with Gasteiger partial charge in [-0.15, -0.1) is 0 Å². The summed E-state index contributed by atoms with van der Waals surface area (Å²) in [4.78, 5) is 27.1. The van der Waals surface area contributed by atoms with Gasteiger partial charge in [-0.05, 0) is 62.9 Å². The highest BCUT2D eigenvalue weighted by atomic mass is 16.1. The smallest absolute Gasteiger partial charge is 0.250 e. The number of Topliss-reactive ketones (excluding diaryl/α,β-unsaturated/α-hetero) is 1. The van der Waals surface area contributed by atoms with Crippen molar-refractivity contribution in [2.75, 3.05) is 31.5 Å². The van der Waals surface area contributed by atoms with Crippen LogP contribution in [-0.2, 0) is 6.42 Å². The molecular formula is C23H31N5O2. The van der Waals surface area contributed by atoms with E-state index in [9.17, 15) is 9.59 Å². The van der Waals surface area contributed by atoms with Gasteiger partial charge in [-0.2, -0.15) is 5.10 Å². The molecule has 160 valence electrons. The van der Waals surface area contributed by atoms with Gasteiger partial charge >= 0.3 is 0 Å². The van der Waals surface area contributed by atoms with Gasteiger partial charge in [0.05, 0.1) is 28.2 Å². The molecule has 1 aliphatic carbocycles. The van der Waals surface area contributed by atoms with Crippen molar-refractivity contribution >= 4 is 17.4 Å². The number of hydrogen-bond acceptors (Lipinski definition) is 5. The number of rotatable bonds is 6. The molecule has 30 heavy (non-hydrogen) atoms. The first-order valence-corrected chi connectivity index (χ1v) is 10.8. The number of likely N-dealkylation sites (tertiary alicyclic amines) is 1. The Hall–Kier alpha value is -2.67. The molecule has 1 aromatic carbocycles. The van der Waals surface area contributed by atoms with E-state index in [2.05, 4.69) is 29.2 Å². The van der Waals surface area contributed by atoms with Crippen molar-refractivity contribution < 1.29 is 9.59 Å². The van der Waals surface area contributed by atoms with Crippen molar-refractivity contribution in [1.29, 1.82) is 0 Å². The molecular weight excluding hydrogens is 378 g/mol. The molecule has 7 heteroatoms. The number of anilines is 1. The van der Waals surface area contributed by atoms with Crippen molar-refractivity contribution in [3.63, 3.8) is 0 Å². The summed E-state index contributed by atoms with van der Waals surface area (Å²) in [5, 5.41) is 8.07. The van der Waals surface area contributed by atoms with Crippen LogP contribution in [0.1, 0.15) is 65.2 Å². The number of amides is 1. The number of hydrogen-bond donors (Lipinski definition) is 2. The van der Waals surface area contributed by atoms with E-state index in [0.29, 0.717) is 17.7 Å². The van der Waals surface area contributed by atoms with E-state index in [0.717, 1.165) is 55.2 Å². The minimum absolute atomic E-state index is 0.0989. The molecule has 7 nitrogen and oxygen atoms in total. The van der Waals surface area contributed by atoms with Gasteiger partial charge in [0.2, 0.25) is 0 Å². The summed E-state index contributed by atoms with van der Waals surface area (Å²) in [7, 11) is 0. The van der Waals surface area contributed by atoms with Crippen LogP contribution in [0.15, 0.2) is 18.2 Å². The lowest BCUT2D eigenvalue weighted by molar-refractivity contribution is 0.0909. The number of carbonyl (C=O) groups is 2. The fraction of sp³-hybridized carbons (Fsp3) is 0.522. The second-order valence-corrected chi connectivity index (χ2v) is 9.33. The SMILES string of the molecule is Cc1nn(-c2ccc(C(N)=O)c(NCCN3CCCC3)c2)c2c1C(=O)CC(C)(C)C2. The molecule has 1 fully saturated rings. The van der Waals surface area contributed by atoms with E-state index in [1.807, 2.05) is 23.7 Å². The summed E-state index contributed by atoms with van der Waals surface area (Å²) in [6, 6.07) is 5.52. The summed E-state index contributed by atoms with van der Waals surface area (Å²) in [5.74, 6) is -0.303. The van der Waals surface area contributed by atoms with Gasteiger partial charge in [-0.25, -0.2) is 4.68 Å². The van der Waals surface area contributed by atoms with Crippen molar-refractivity contribution in [3.05, 3.63) is 40.7 Å². The molecule has 0 unspecified atom stereocenters. The summed E-state index contributed by atoms with van der Waals surface area (Å²) >= 11 is 0. The maximum absolute atomic E-state index is 12.7. The standard InChI is InChI=1S/C23H31N5O2/c1-15-21-19(13-23(2,3)14-20(21)29)28(26-15)16-6-7-17(22(24)30)18(12-16)25-8-11-27-9-4-5-10-27/h6-7,12,25H,4-5,8-11,13-14H2,1-3H3,(H2,24,30). The number of aromatic nitrogens is 2. The van der Waals surface area contributed by atoms with E-state index in [4.69, 9.17) is 5.73 Å². The number of nitrogens with two attached hydrogens (primary N) is 1. The van der Waals surface area contributed by atoms with Crippen LogP contribution >= 0.6 is 0 Å². The Bertz CT molecular complexity index is 986. The molecule has 1 aliphatic heterocycles. The van der Waals surface area contributed by atoms with Gasteiger partial charge in [0.1, 0.15) is 0 Å². The fourth-order valence-corrected chi connectivity index (χ4v) is 4.73. The molecule has 1 saturated heterocycles. The number of aryl methyl sites for hydroxylation is 1. The Morgan fingerprint density at radius 1 is 1.23 bits per heavy atom. The molecule has 3 N–H and O–H groups in total. The maximum Gasteiger partial charge on any atom is 0.250 e. The van der Waals surface area contributed by atoms with Crippen LogP contribution in [0.2, 0.25) is 0 Å². The van der Waals surface area contributed by atoms with Crippen molar-refractivity contribution in [1.82, 2.24) is 14.7 Å². The third-order valence-corrected chi connectivity index (χ3v) is 6.18. The summed E-state index contributed by atoms with van der Waals surface area (Å²) in [6.45, 7) is 10.1. The normalized spacial score (nSPS) is 18.4. The lowest BCUT2D eigenvalue weighted by Gasteiger charge is -2.29. The zero-order chi connectivity index (χ0) is 21.5. The quantitative estimate of drug-likeness (QED) is 0.765. The summed E-state index contributed by atoms with van der Waals surface area (Å²) in [5.41, 5.74) is 9.97. The highest BCUT2D eigenvalue weighted by Crippen LogP contribution is 2.37. The van der Waals surface area contributed by atoms with Gasteiger partial charge in [-0.3, -0.25) is 9.59 Å². The number of ketones is 1. The second-order valence-electron chi connectivity index (χ2n) is 9.33. The topological polar surface area (TPSA) is 93.2 Å². The lowest BCUT2D eigenvalue weighted by Crippen LogP contribution is -2.28. The van der Waals surface area contributed by atoms with Gasteiger partial charge in [0.15, 0.2) is 5.78 Å². The first-order valence-electron chi connectivity index (χ1n) is 10.8. The van der Waals surface area contributed by atoms with E-state index in [1.54, 1.807) is 6.07 Å². The average molecular weight is 410 g/mol. The van der Waals surface area contributed by atoms with Gasteiger partial charge in [-0.1, -0.05) is 13.8 Å². The van der Waals surface area contributed by atoms with Crippen LogP contribution in [0.4, 0.5) is 5.69 Å². The molecule has 0 spiro atoms. The van der Waals surface area contributed by atoms with Crippen LogP contribution in [0.5, 0.6) is 0 Å². The molecule has 0 atom stereocenters. The minimum Gasteiger partial charge on any atom is -0.383 e. The molecule has 0 bridgehead atoms. The van der Waals surface area contributed by atoms with Crippen molar-refractivity contribution in [3.8, 4) is 5.69 Å². The third kappa shape index (κ3) is 3.99. The molecule has 2 aliphatic rings. The highest BCUT2D eigenvalue weighted by molar-refractivity contribution is 6.00. The Morgan fingerprint density at radius 2 is 1.97 bits per heavy atom. The number of nitrogens with zero attached hydrogens (tertiary/aromatic N) is 3. The molecule has 2 aromatic rings. The molecule has 0 radical (unpaired) electrons. The predicted molar refractivity (Wildman–Crippen MR) is 117 cm³/mol. The molecule has 1 amide bonds. The average Bonchev–Trinajstić information content (AvgIpc) is 3.28. The zero-order valence-corrected chi connectivity index (χ0v) is 18.1. The van der Waals surface area contributed by atoms with Crippen LogP contribution < -0.4 is 11.1 Å². The van der Waals surface area contributed by atoms with Gasteiger partial charge in [0.25, 0.3) is 5.91 Å². The molecule has 1 aromatic heterocycles. The number of primary amides is 1. The van der Waals surface area contributed by atoms with E-state index >= 15 is 0 Å². The first-order chi connectivity index (χ1) is 14.2. The lowest BCUT2D eigenvalue weighted by atomic mass is 9.75. The van der Waals surface area contributed by atoms with Crippen molar-refractivity contribution in [2.45, 2.75) is 46.5 Å². The Labute approximate surface area is 177 Å². The van der Waals surface area contributed by atoms with Crippen LogP contribution in [0.25, 0.3) is 5.69 Å². The number of fused-ring (bicyclic) bond motifs is 1. The van der Waals surface area contributed by atoms with E-state index in [-0.39, 0.29) is 11.2 Å². The Balaban J connectivity index is 1.66. The number of benzene rings is 1. The zero-order valence-electron chi connectivity index (χ0n) is 18.1. The number of carbonyl (C=O) groups excluding carboxylic acids is 2. The largest absolute Gasteiger partial charge is 0.383 e. The first kappa shape index (κ1) is 20.6. The molecule has 0 saturated carbocycles. The minimum atomic E-state index is -0.458. The maximum atomic E-state index is 12.7. The van der Waals surface area contributed by atoms with E-state index in [1.165, 1.54) is 12.8 Å². The summed E-state index contributed by atoms with van der Waals surface area (Å²) in [6.07, 6.45) is 3.82. The summed E-state index contributed by atoms with van der Waals surface area (Å²) < 4.78 is 1.86. The highest BCUT2D eigenvalue weighted by Gasteiger charge is 2.35. The van der Waals surface area contributed by atoms with Gasteiger partial charge in [0, 0.05) is 25.2 Å². The Kier molecular flexibility index (Phi) is 5.40. The second kappa shape index (κ2) is 7.87. The van der Waals surface area contributed by atoms with Crippen LogP contribution in [-0.4, -0.2) is 52.5 Å². The van der Waals surface area contributed by atoms with Crippen LogP contribution in [0.3, 0.4) is 0 Å². The van der Waals surface area contributed by atoms with Crippen LogP contribution in [0, 0.1) is 12.3 Å². The predicted octanol–water partition coefficient (Wildman–Crippen LogP) is 2.94. The molecule has 2 heterocycles. The van der Waals surface area contributed by atoms with E-state index < -0.39 is 5.91 Å². The monoisotopic (exact) mass is 409 g/mol. The molecule has 4 rings (SSSR count). The Morgan fingerprint density at radius 3 is 2.67 bits per heavy atom. The van der Waals surface area contributed by atoms with Gasteiger partial charge < -0.3 is 16.0 Å². The number of nitrogens with one attached hydrogen (secondary N) is 1. The fourth-order valence-electron chi connectivity index (χ4n) is 4.73. The van der Waals surface area contributed by atoms with Crippen molar-refractivity contribution in [2.24, 2.45) is 11.1 Å².